The second kappa shape index (κ2) is 14.5. The van der Waals surface area contributed by atoms with E-state index in [-0.39, 0.29) is 24.5 Å². The standard InChI is InChI=1S/C32H45N3O4/c1-3-5-7-9-25-19-31(37)34(22-25)16-12-29-21-28(26-10-11-30-27(20-26)13-18-39-30)23-35(29)24-32(38)33(14-6-4-2)15-8-17-36/h3,5,7,9-11,19-20,28-29,36H,4,6,8,12-18,21-24H2,1-2H3/b5-3-,9-7-/t28-,29+/m1/s1. The number of hydrogen-bond donors (Lipinski definition) is 1. The Bertz CT molecular complexity index is 1070. The van der Waals surface area contributed by atoms with E-state index >= 15 is 0 Å². The van der Waals surface area contributed by atoms with Crippen molar-refractivity contribution in [1.29, 1.82) is 0 Å². The van der Waals surface area contributed by atoms with Gasteiger partial charge in [-0.15, -0.1) is 0 Å². The topological polar surface area (TPSA) is 73.3 Å². The van der Waals surface area contributed by atoms with Gasteiger partial charge >= 0.3 is 0 Å². The minimum absolute atomic E-state index is 0.0701. The van der Waals surface area contributed by atoms with Crippen LogP contribution in [-0.4, -0.2) is 90.1 Å². The Morgan fingerprint density at radius 3 is 2.87 bits per heavy atom. The van der Waals surface area contributed by atoms with E-state index in [0.717, 1.165) is 63.1 Å². The third-order valence-electron chi connectivity index (χ3n) is 8.11. The number of carbonyl (C=O) groups is 2. The second-order valence-electron chi connectivity index (χ2n) is 10.9. The lowest BCUT2D eigenvalue weighted by Crippen LogP contribution is -2.44. The van der Waals surface area contributed by atoms with E-state index in [1.807, 2.05) is 41.0 Å². The minimum Gasteiger partial charge on any atom is -0.493 e. The van der Waals surface area contributed by atoms with Gasteiger partial charge in [0.2, 0.25) is 11.8 Å². The fraction of sp³-hybridized carbons (Fsp3) is 0.562. The quantitative estimate of drug-likeness (QED) is 0.364. The van der Waals surface area contributed by atoms with Crippen LogP contribution in [0.4, 0.5) is 0 Å². The van der Waals surface area contributed by atoms with Gasteiger partial charge in [0.25, 0.3) is 0 Å². The number of rotatable bonds is 14. The molecule has 1 aromatic rings. The van der Waals surface area contributed by atoms with Crippen molar-refractivity contribution in [2.75, 3.05) is 52.5 Å². The molecule has 39 heavy (non-hydrogen) atoms. The summed E-state index contributed by atoms with van der Waals surface area (Å²) in [4.78, 5) is 32.3. The van der Waals surface area contributed by atoms with Gasteiger partial charge < -0.3 is 19.6 Å². The molecule has 1 saturated heterocycles. The van der Waals surface area contributed by atoms with Gasteiger partial charge in [-0.05, 0) is 61.3 Å². The third kappa shape index (κ3) is 7.83. The first-order valence-electron chi connectivity index (χ1n) is 14.7. The van der Waals surface area contributed by atoms with Crippen LogP contribution in [0, 0.1) is 0 Å². The summed E-state index contributed by atoms with van der Waals surface area (Å²) >= 11 is 0. The second-order valence-corrected chi connectivity index (χ2v) is 10.9. The SMILES string of the molecule is C/C=C\C=C/C1=CC(=O)N(CC[C@H]2C[C@@H](c3ccc4c(c3)CCO4)CN2CC(=O)N(CCCC)CCCO)C1. The molecule has 1 N–H and O–H groups in total. The highest BCUT2D eigenvalue weighted by atomic mass is 16.5. The number of fused-ring (bicyclic) bond motifs is 1. The molecular weight excluding hydrogens is 490 g/mol. The molecule has 212 valence electrons. The van der Waals surface area contributed by atoms with Gasteiger partial charge in [-0.1, -0.05) is 49.8 Å². The molecule has 1 aromatic carbocycles. The van der Waals surface area contributed by atoms with Crippen molar-refractivity contribution < 1.29 is 19.4 Å². The Labute approximate surface area is 233 Å². The van der Waals surface area contributed by atoms with E-state index in [0.29, 0.717) is 38.5 Å². The third-order valence-corrected chi connectivity index (χ3v) is 8.11. The van der Waals surface area contributed by atoms with Gasteiger partial charge in [0.1, 0.15) is 5.75 Å². The van der Waals surface area contributed by atoms with E-state index in [9.17, 15) is 14.7 Å². The number of carbonyl (C=O) groups excluding carboxylic acids is 2. The molecule has 3 aliphatic rings. The molecule has 0 spiro atoms. The highest BCUT2D eigenvalue weighted by Crippen LogP contribution is 2.36. The van der Waals surface area contributed by atoms with Gasteiger partial charge in [-0.3, -0.25) is 14.5 Å². The van der Waals surface area contributed by atoms with Crippen LogP contribution in [0.2, 0.25) is 0 Å². The van der Waals surface area contributed by atoms with Crippen molar-refractivity contribution in [2.45, 2.75) is 64.3 Å². The van der Waals surface area contributed by atoms with Gasteiger partial charge in [0.15, 0.2) is 0 Å². The number of unbranched alkanes of at least 4 members (excludes halogenated alkanes) is 1. The summed E-state index contributed by atoms with van der Waals surface area (Å²) in [6.45, 7) is 8.82. The molecule has 3 aliphatic heterocycles. The first-order valence-corrected chi connectivity index (χ1v) is 14.7. The Morgan fingerprint density at radius 2 is 2.08 bits per heavy atom. The van der Waals surface area contributed by atoms with Crippen LogP contribution in [0.5, 0.6) is 5.75 Å². The Kier molecular flexibility index (Phi) is 10.8. The number of aliphatic hydroxyl groups excluding tert-OH is 1. The molecule has 0 aromatic heterocycles. The van der Waals surface area contributed by atoms with E-state index in [1.54, 1.807) is 6.08 Å². The lowest BCUT2D eigenvalue weighted by atomic mass is 9.93. The number of amides is 2. The van der Waals surface area contributed by atoms with Gasteiger partial charge in [-0.2, -0.15) is 0 Å². The van der Waals surface area contributed by atoms with E-state index < -0.39 is 0 Å². The van der Waals surface area contributed by atoms with Crippen LogP contribution in [0.3, 0.4) is 0 Å². The molecular formula is C32H45N3O4. The molecule has 0 radical (unpaired) electrons. The Hall–Kier alpha value is -2.90. The summed E-state index contributed by atoms with van der Waals surface area (Å²) in [6, 6.07) is 6.80. The van der Waals surface area contributed by atoms with Crippen molar-refractivity contribution in [3.8, 4) is 5.75 Å². The first-order chi connectivity index (χ1) is 19.0. The Balaban J connectivity index is 1.43. The van der Waals surface area contributed by atoms with Crippen LogP contribution in [0.25, 0.3) is 0 Å². The van der Waals surface area contributed by atoms with Crippen molar-refractivity contribution in [3.63, 3.8) is 0 Å². The molecule has 0 bridgehead atoms. The summed E-state index contributed by atoms with van der Waals surface area (Å²) in [5.74, 6) is 1.55. The van der Waals surface area contributed by atoms with Crippen LogP contribution < -0.4 is 4.74 Å². The molecule has 0 saturated carbocycles. The number of aliphatic hydroxyl groups is 1. The monoisotopic (exact) mass is 535 g/mol. The van der Waals surface area contributed by atoms with E-state index in [1.165, 1.54) is 11.1 Å². The summed E-state index contributed by atoms with van der Waals surface area (Å²) in [6.07, 6.45) is 15.0. The molecule has 2 atom stereocenters. The number of ether oxygens (including phenoxy) is 1. The van der Waals surface area contributed by atoms with Crippen molar-refractivity contribution in [3.05, 3.63) is 65.3 Å². The van der Waals surface area contributed by atoms with Crippen LogP contribution in [-0.2, 0) is 16.0 Å². The molecule has 7 nitrogen and oxygen atoms in total. The minimum atomic E-state index is 0.0701. The number of allylic oxidation sites excluding steroid dienone is 3. The maximum atomic E-state index is 13.4. The summed E-state index contributed by atoms with van der Waals surface area (Å²) in [5, 5.41) is 9.35. The van der Waals surface area contributed by atoms with E-state index in [2.05, 4.69) is 30.0 Å². The zero-order valence-corrected chi connectivity index (χ0v) is 23.7. The number of likely N-dealkylation sites (tertiary alicyclic amines) is 1. The summed E-state index contributed by atoms with van der Waals surface area (Å²) < 4.78 is 5.72. The molecule has 0 aliphatic carbocycles. The lowest BCUT2D eigenvalue weighted by Gasteiger charge is -2.29. The van der Waals surface area contributed by atoms with Gasteiger partial charge in [0, 0.05) is 57.9 Å². The highest BCUT2D eigenvalue weighted by Gasteiger charge is 2.36. The van der Waals surface area contributed by atoms with Crippen molar-refractivity contribution in [2.24, 2.45) is 0 Å². The maximum Gasteiger partial charge on any atom is 0.247 e. The number of benzene rings is 1. The molecule has 7 heteroatoms. The van der Waals surface area contributed by atoms with E-state index in [4.69, 9.17) is 4.74 Å². The fourth-order valence-electron chi connectivity index (χ4n) is 5.90. The maximum absolute atomic E-state index is 13.4. The average Bonchev–Trinajstić information content (AvgIpc) is 3.65. The number of nitrogens with zero attached hydrogens (tertiary/aromatic N) is 3. The van der Waals surface area contributed by atoms with Crippen LogP contribution >= 0.6 is 0 Å². The molecule has 3 heterocycles. The predicted octanol–water partition coefficient (Wildman–Crippen LogP) is 4.08. The molecule has 2 amide bonds. The van der Waals surface area contributed by atoms with Gasteiger partial charge in [-0.25, -0.2) is 0 Å². The fourth-order valence-corrected chi connectivity index (χ4v) is 5.90. The van der Waals surface area contributed by atoms with Gasteiger partial charge in [0.05, 0.1) is 13.2 Å². The van der Waals surface area contributed by atoms with Crippen molar-refractivity contribution in [1.82, 2.24) is 14.7 Å². The Morgan fingerprint density at radius 1 is 1.23 bits per heavy atom. The molecule has 0 unspecified atom stereocenters. The largest absolute Gasteiger partial charge is 0.493 e. The normalized spacial score (nSPS) is 21.3. The number of hydrogen-bond acceptors (Lipinski definition) is 5. The van der Waals surface area contributed by atoms with Crippen molar-refractivity contribution >= 4 is 11.8 Å². The summed E-state index contributed by atoms with van der Waals surface area (Å²) in [7, 11) is 0. The molecule has 4 rings (SSSR count). The zero-order chi connectivity index (χ0) is 27.6. The lowest BCUT2D eigenvalue weighted by molar-refractivity contribution is -0.133. The average molecular weight is 536 g/mol. The van der Waals surface area contributed by atoms with Crippen LogP contribution in [0.1, 0.15) is 63.0 Å². The smallest absolute Gasteiger partial charge is 0.247 e. The van der Waals surface area contributed by atoms with Crippen LogP contribution in [0.15, 0.2) is 54.2 Å². The first kappa shape index (κ1) is 29.1. The zero-order valence-electron chi connectivity index (χ0n) is 23.7. The highest BCUT2D eigenvalue weighted by molar-refractivity contribution is 5.91. The molecule has 1 fully saturated rings. The predicted molar refractivity (Wildman–Crippen MR) is 155 cm³/mol. The summed E-state index contributed by atoms with van der Waals surface area (Å²) in [5.41, 5.74) is 3.63.